The minimum absolute atomic E-state index is 0.128. The van der Waals surface area contributed by atoms with Crippen LogP contribution in [0.1, 0.15) is 117 Å². The molecule has 0 fully saturated rings. The lowest BCUT2D eigenvalue weighted by molar-refractivity contribution is 0.177. The maximum atomic E-state index is 10.7. The molecule has 0 rings (SSSR count). The summed E-state index contributed by atoms with van der Waals surface area (Å²) >= 11 is 0. The van der Waals surface area contributed by atoms with Crippen molar-refractivity contribution in [1.29, 1.82) is 0 Å². The quantitative estimate of drug-likeness (QED) is 0.251. The van der Waals surface area contributed by atoms with Crippen LogP contribution in [0.15, 0.2) is 0 Å². The Bertz CT molecular complexity index is 163. The highest BCUT2D eigenvalue weighted by Gasteiger charge is 2.08. The van der Waals surface area contributed by atoms with E-state index in [4.69, 9.17) is 0 Å². The second-order valence-electron chi connectivity index (χ2n) is 6.83. The summed E-state index contributed by atoms with van der Waals surface area (Å²) in [7, 11) is 0. The van der Waals surface area contributed by atoms with Gasteiger partial charge in [-0.2, -0.15) is 0 Å². The largest absolute Gasteiger partial charge is 0.237 e. The molecule has 0 bridgehead atoms. The molecule has 0 N–H and O–H groups in total. The fourth-order valence-electron chi connectivity index (χ4n) is 3.23. The van der Waals surface area contributed by atoms with Crippen LogP contribution in [0.2, 0.25) is 0 Å². The molecule has 0 unspecified atom stereocenters. The van der Waals surface area contributed by atoms with E-state index in [1.165, 1.54) is 96.3 Å². The Morgan fingerprint density at radius 3 is 1.33 bits per heavy atom. The molecule has 1 heteroatoms. The van der Waals surface area contributed by atoms with Gasteiger partial charge in [0.25, 0.3) is 0 Å². The molecule has 0 saturated heterocycles. The minimum Gasteiger partial charge on any atom is -0.237 e. The molecule has 0 aromatic carbocycles. The van der Waals surface area contributed by atoms with Crippen molar-refractivity contribution in [2.24, 2.45) is 5.92 Å². The van der Waals surface area contributed by atoms with E-state index < -0.39 is 0 Å². The van der Waals surface area contributed by atoms with Crippen molar-refractivity contribution in [3.8, 4) is 0 Å². The lowest BCUT2D eigenvalue weighted by atomic mass is 9.90. The standard InChI is InChI=1S/C20H41O/c1-3-5-7-9-11-13-16-20(18-15-19-21)17-14-12-10-8-6-4-2/h20H,3-19H2,1-2H3. The zero-order valence-corrected chi connectivity index (χ0v) is 15.0. The Labute approximate surface area is 134 Å². The van der Waals surface area contributed by atoms with Crippen LogP contribution >= 0.6 is 0 Å². The summed E-state index contributed by atoms with van der Waals surface area (Å²) in [6.07, 6.45) is 21.6. The summed E-state index contributed by atoms with van der Waals surface area (Å²) in [6.45, 7) is 4.68. The fraction of sp³-hybridized carbons (Fsp3) is 1.00. The molecule has 1 radical (unpaired) electrons. The van der Waals surface area contributed by atoms with Gasteiger partial charge in [0.15, 0.2) is 0 Å². The first-order chi connectivity index (χ1) is 10.3. The van der Waals surface area contributed by atoms with Crippen molar-refractivity contribution in [3.05, 3.63) is 0 Å². The van der Waals surface area contributed by atoms with Gasteiger partial charge in [0.05, 0.1) is 6.61 Å². The molecule has 127 valence electrons. The van der Waals surface area contributed by atoms with Crippen LogP contribution < -0.4 is 0 Å². The van der Waals surface area contributed by atoms with Gasteiger partial charge in [-0.3, -0.25) is 0 Å². The second kappa shape index (κ2) is 18.0. The Morgan fingerprint density at radius 1 is 0.524 bits per heavy atom. The number of unbranched alkanes of at least 4 members (excludes halogenated alkanes) is 10. The smallest absolute Gasteiger partial charge is 0.0822 e. The van der Waals surface area contributed by atoms with Crippen molar-refractivity contribution in [2.45, 2.75) is 117 Å². The van der Waals surface area contributed by atoms with Crippen molar-refractivity contribution in [3.63, 3.8) is 0 Å². The third-order valence-electron chi connectivity index (χ3n) is 4.69. The summed E-state index contributed by atoms with van der Waals surface area (Å²) in [5, 5.41) is 10.7. The first kappa shape index (κ1) is 21.0. The van der Waals surface area contributed by atoms with Crippen molar-refractivity contribution in [2.75, 3.05) is 6.61 Å². The van der Waals surface area contributed by atoms with Gasteiger partial charge >= 0.3 is 0 Å². The van der Waals surface area contributed by atoms with E-state index in [0.717, 1.165) is 12.3 Å². The normalized spacial score (nSPS) is 11.4. The van der Waals surface area contributed by atoms with E-state index in [9.17, 15) is 5.11 Å². The Balaban J connectivity index is 3.56. The van der Waals surface area contributed by atoms with E-state index in [-0.39, 0.29) is 6.61 Å². The topological polar surface area (TPSA) is 19.9 Å². The van der Waals surface area contributed by atoms with Crippen LogP contribution in [0.3, 0.4) is 0 Å². The van der Waals surface area contributed by atoms with Crippen molar-refractivity contribution >= 4 is 0 Å². The zero-order chi connectivity index (χ0) is 15.6. The van der Waals surface area contributed by atoms with Gasteiger partial charge in [-0.15, -0.1) is 0 Å². The highest BCUT2D eigenvalue weighted by Crippen LogP contribution is 2.23. The highest BCUT2D eigenvalue weighted by molar-refractivity contribution is 4.61. The molecule has 0 spiro atoms. The Morgan fingerprint density at radius 2 is 0.905 bits per heavy atom. The average molecular weight is 298 g/mol. The molecule has 0 amide bonds. The van der Waals surface area contributed by atoms with Gasteiger partial charge in [-0.25, -0.2) is 5.11 Å². The lowest BCUT2D eigenvalue weighted by Gasteiger charge is -2.16. The molecule has 0 atom stereocenters. The predicted molar refractivity (Wildman–Crippen MR) is 94.3 cm³/mol. The van der Waals surface area contributed by atoms with Crippen LogP contribution in [0.5, 0.6) is 0 Å². The van der Waals surface area contributed by atoms with Crippen LogP contribution in [0.4, 0.5) is 0 Å². The monoisotopic (exact) mass is 297 g/mol. The first-order valence-corrected chi connectivity index (χ1v) is 9.93. The molecule has 21 heavy (non-hydrogen) atoms. The van der Waals surface area contributed by atoms with Crippen LogP contribution in [0, 0.1) is 5.92 Å². The van der Waals surface area contributed by atoms with Crippen molar-refractivity contribution in [1.82, 2.24) is 0 Å². The molecule has 0 aliphatic rings. The maximum absolute atomic E-state index is 10.7. The molecule has 0 aliphatic carbocycles. The summed E-state index contributed by atoms with van der Waals surface area (Å²) in [6, 6.07) is 0. The summed E-state index contributed by atoms with van der Waals surface area (Å²) in [4.78, 5) is 0. The van der Waals surface area contributed by atoms with E-state index in [2.05, 4.69) is 13.8 Å². The molecule has 0 aliphatic heterocycles. The minimum atomic E-state index is 0.128. The summed E-state index contributed by atoms with van der Waals surface area (Å²) in [5.41, 5.74) is 0. The van der Waals surface area contributed by atoms with Gasteiger partial charge in [0.2, 0.25) is 0 Å². The zero-order valence-electron chi connectivity index (χ0n) is 15.0. The van der Waals surface area contributed by atoms with Gasteiger partial charge in [-0.05, 0) is 18.8 Å². The molecule has 0 saturated carbocycles. The second-order valence-corrected chi connectivity index (χ2v) is 6.83. The van der Waals surface area contributed by atoms with Gasteiger partial charge in [0, 0.05) is 0 Å². The van der Waals surface area contributed by atoms with Gasteiger partial charge < -0.3 is 0 Å². The Kier molecular flexibility index (Phi) is 18.0. The van der Waals surface area contributed by atoms with E-state index in [1.807, 2.05) is 0 Å². The molecular formula is C20H41O. The van der Waals surface area contributed by atoms with Crippen LogP contribution in [-0.2, 0) is 5.11 Å². The van der Waals surface area contributed by atoms with E-state index >= 15 is 0 Å². The fourth-order valence-corrected chi connectivity index (χ4v) is 3.23. The first-order valence-electron chi connectivity index (χ1n) is 9.93. The highest BCUT2D eigenvalue weighted by atomic mass is 16.2. The average Bonchev–Trinajstić information content (AvgIpc) is 2.50. The van der Waals surface area contributed by atoms with Crippen LogP contribution in [0.25, 0.3) is 0 Å². The number of hydrogen-bond acceptors (Lipinski definition) is 0. The predicted octanol–water partition coefficient (Wildman–Crippen LogP) is 7.31. The summed E-state index contributed by atoms with van der Waals surface area (Å²) in [5.74, 6) is 0.844. The lowest BCUT2D eigenvalue weighted by Crippen LogP contribution is -2.02. The summed E-state index contributed by atoms with van der Waals surface area (Å²) < 4.78 is 0. The van der Waals surface area contributed by atoms with Crippen molar-refractivity contribution < 1.29 is 5.11 Å². The number of hydrogen-bond donors (Lipinski definition) is 0. The van der Waals surface area contributed by atoms with Crippen LogP contribution in [-0.4, -0.2) is 6.61 Å². The molecule has 1 nitrogen and oxygen atoms in total. The SMILES string of the molecule is CCCCCCCCC(CCC[O])CCCCCCCC. The molecule has 0 heterocycles. The third-order valence-corrected chi connectivity index (χ3v) is 4.69. The van der Waals surface area contributed by atoms with E-state index in [1.54, 1.807) is 0 Å². The molecule has 0 aromatic rings. The van der Waals surface area contributed by atoms with Gasteiger partial charge in [0.1, 0.15) is 0 Å². The molecule has 0 aromatic heterocycles. The maximum Gasteiger partial charge on any atom is 0.0822 e. The van der Waals surface area contributed by atoms with E-state index in [0.29, 0.717) is 0 Å². The third kappa shape index (κ3) is 16.2. The van der Waals surface area contributed by atoms with Gasteiger partial charge in [-0.1, -0.05) is 104 Å². The number of rotatable bonds is 17. The molecular weight excluding hydrogens is 256 g/mol. The Hall–Kier alpha value is -0.0400.